The van der Waals surface area contributed by atoms with Crippen molar-refractivity contribution < 1.29 is 0 Å². The highest BCUT2D eigenvalue weighted by Gasteiger charge is 2.21. The van der Waals surface area contributed by atoms with Gasteiger partial charge in [0.15, 0.2) is 0 Å². The number of rotatable bonds is 1. The number of hydrogen-bond acceptors (Lipinski definition) is 2. The highest BCUT2D eigenvalue weighted by Crippen LogP contribution is 2.31. The minimum atomic E-state index is -0.00765. The molecule has 1 aromatic heterocycles. The summed E-state index contributed by atoms with van der Waals surface area (Å²) < 4.78 is 0. The van der Waals surface area contributed by atoms with Gasteiger partial charge in [-0.05, 0) is 11.0 Å². The molecule has 0 fully saturated rings. The number of benzene rings is 1. The van der Waals surface area contributed by atoms with Gasteiger partial charge in [-0.3, -0.25) is 9.97 Å². The van der Waals surface area contributed by atoms with Crippen LogP contribution < -0.4 is 0 Å². The van der Waals surface area contributed by atoms with Crippen LogP contribution in [0.15, 0.2) is 36.7 Å². The molecular weight excluding hydrogens is 244 g/mol. The van der Waals surface area contributed by atoms with Gasteiger partial charge in [0.2, 0.25) is 0 Å². The molecule has 1 aromatic carbocycles. The van der Waals surface area contributed by atoms with Crippen LogP contribution in [0.1, 0.15) is 52.8 Å². The maximum Gasteiger partial charge on any atom is 0.0922 e. The first kappa shape index (κ1) is 14.7. The lowest BCUT2D eigenvalue weighted by Gasteiger charge is -2.22. The smallest absolute Gasteiger partial charge is 0.0922 e. The van der Waals surface area contributed by atoms with Gasteiger partial charge >= 0.3 is 0 Å². The third-order valence-electron chi connectivity index (χ3n) is 3.43. The fraction of sp³-hybridized carbons (Fsp3) is 0.444. The number of nitrogens with zero attached hydrogens (tertiary/aromatic N) is 2. The Morgan fingerprint density at radius 3 is 1.75 bits per heavy atom. The van der Waals surface area contributed by atoms with Crippen molar-refractivity contribution >= 4 is 0 Å². The van der Waals surface area contributed by atoms with E-state index >= 15 is 0 Å². The summed E-state index contributed by atoms with van der Waals surface area (Å²) in [4.78, 5) is 9.08. The van der Waals surface area contributed by atoms with Crippen LogP contribution in [0.4, 0.5) is 0 Å². The molecule has 106 valence electrons. The molecule has 0 aliphatic carbocycles. The third-order valence-corrected chi connectivity index (χ3v) is 3.43. The molecule has 0 atom stereocenters. The van der Waals surface area contributed by atoms with Crippen molar-refractivity contribution in [3.63, 3.8) is 0 Å². The molecule has 0 bridgehead atoms. The topological polar surface area (TPSA) is 25.8 Å². The zero-order valence-corrected chi connectivity index (χ0v) is 13.4. The molecule has 20 heavy (non-hydrogen) atoms. The fourth-order valence-electron chi connectivity index (χ4n) is 2.23. The van der Waals surface area contributed by atoms with Crippen molar-refractivity contribution in [2.45, 2.75) is 52.4 Å². The average molecular weight is 268 g/mol. The van der Waals surface area contributed by atoms with Crippen molar-refractivity contribution in [1.82, 2.24) is 9.97 Å². The van der Waals surface area contributed by atoms with Crippen LogP contribution >= 0.6 is 0 Å². The Hall–Kier alpha value is -1.70. The second kappa shape index (κ2) is 5.01. The van der Waals surface area contributed by atoms with E-state index in [1.807, 2.05) is 0 Å². The standard InChI is InChI=1S/C18H24N2/c1-17(2,3)14-9-7-13(8-10-14)15-16(18(4,5)6)20-12-11-19-15/h7-12H,1-6H3. The molecule has 0 unspecified atom stereocenters. The van der Waals surface area contributed by atoms with Gasteiger partial charge in [-0.25, -0.2) is 0 Å². The summed E-state index contributed by atoms with van der Waals surface area (Å²) in [7, 11) is 0. The summed E-state index contributed by atoms with van der Waals surface area (Å²) in [6.07, 6.45) is 3.54. The van der Waals surface area contributed by atoms with E-state index < -0.39 is 0 Å². The molecule has 2 heteroatoms. The molecular formula is C18H24N2. The fourth-order valence-corrected chi connectivity index (χ4v) is 2.23. The average Bonchev–Trinajstić information content (AvgIpc) is 2.37. The van der Waals surface area contributed by atoms with Gasteiger partial charge in [0.1, 0.15) is 0 Å². The van der Waals surface area contributed by atoms with E-state index in [0.29, 0.717) is 0 Å². The van der Waals surface area contributed by atoms with Crippen LogP contribution in [0.25, 0.3) is 11.3 Å². The predicted molar refractivity (Wildman–Crippen MR) is 84.9 cm³/mol. The molecule has 2 aromatic rings. The maximum atomic E-state index is 4.54. The Bertz CT molecular complexity index is 584. The molecule has 0 amide bonds. The van der Waals surface area contributed by atoms with Crippen molar-refractivity contribution in [2.24, 2.45) is 0 Å². The zero-order chi connectivity index (χ0) is 15.0. The van der Waals surface area contributed by atoms with Crippen LogP contribution in [-0.2, 0) is 10.8 Å². The van der Waals surface area contributed by atoms with Crippen molar-refractivity contribution in [2.75, 3.05) is 0 Å². The summed E-state index contributed by atoms with van der Waals surface area (Å²) in [5.74, 6) is 0. The second-order valence-corrected chi connectivity index (χ2v) is 7.33. The molecule has 0 radical (unpaired) electrons. The Morgan fingerprint density at radius 2 is 1.25 bits per heavy atom. The number of hydrogen-bond donors (Lipinski definition) is 0. The molecule has 0 aliphatic heterocycles. The maximum absolute atomic E-state index is 4.54. The van der Waals surface area contributed by atoms with Crippen LogP contribution in [0, 0.1) is 0 Å². The normalized spacial score (nSPS) is 12.5. The van der Waals surface area contributed by atoms with E-state index in [1.165, 1.54) is 5.56 Å². The van der Waals surface area contributed by atoms with Crippen molar-refractivity contribution in [3.05, 3.63) is 47.9 Å². The molecule has 0 saturated carbocycles. The first-order chi connectivity index (χ1) is 9.19. The monoisotopic (exact) mass is 268 g/mol. The van der Waals surface area contributed by atoms with Gasteiger partial charge < -0.3 is 0 Å². The van der Waals surface area contributed by atoms with E-state index in [4.69, 9.17) is 0 Å². The SMILES string of the molecule is CC(C)(C)c1ccc(-c2nccnc2C(C)(C)C)cc1. The van der Waals surface area contributed by atoms with E-state index in [2.05, 4.69) is 75.8 Å². The van der Waals surface area contributed by atoms with Gasteiger partial charge in [-0.1, -0.05) is 65.8 Å². The molecule has 0 aliphatic rings. The first-order valence-electron chi connectivity index (χ1n) is 7.12. The van der Waals surface area contributed by atoms with Crippen LogP contribution in [0.2, 0.25) is 0 Å². The Labute approximate surface area is 122 Å². The Morgan fingerprint density at radius 1 is 0.700 bits per heavy atom. The van der Waals surface area contributed by atoms with Crippen LogP contribution in [0.3, 0.4) is 0 Å². The number of aromatic nitrogens is 2. The van der Waals surface area contributed by atoms with E-state index in [0.717, 1.165) is 17.0 Å². The van der Waals surface area contributed by atoms with E-state index in [1.54, 1.807) is 12.4 Å². The van der Waals surface area contributed by atoms with E-state index in [-0.39, 0.29) is 10.8 Å². The lowest BCUT2D eigenvalue weighted by Crippen LogP contribution is -2.16. The Kier molecular flexibility index (Phi) is 3.68. The summed E-state index contributed by atoms with van der Waals surface area (Å²) in [5.41, 5.74) is 4.67. The molecule has 0 N–H and O–H groups in total. The highest BCUT2D eigenvalue weighted by molar-refractivity contribution is 5.63. The van der Waals surface area contributed by atoms with Gasteiger partial charge in [0.05, 0.1) is 11.4 Å². The zero-order valence-electron chi connectivity index (χ0n) is 13.4. The summed E-state index contributed by atoms with van der Waals surface area (Å²) >= 11 is 0. The second-order valence-electron chi connectivity index (χ2n) is 7.33. The van der Waals surface area contributed by atoms with Gasteiger partial charge in [0, 0.05) is 23.4 Å². The summed E-state index contributed by atoms with van der Waals surface area (Å²) in [5, 5.41) is 0. The molecule has 1 heterocycles. The summed E-state index contributed by atoms with van der Waals surface area (Å²) in [6.45, 7) is 13.2. The highest BCUT2D eigenvalue weighted by atomic mass is 14.8. The predicted octanol–water partition coefficient (Wildman–Crippen LogP) is 4.74. The van der Waals surface area contributed by atoms with Crippen LogP contribution in [0.5, 0.6) is 0 Å². The quantitative estimate of drug-likeness (QED) is 0.746. The molecule has 0 spiro atoms. The Balaban J connectivity index is 2.48. The van der Waals surface area contributed by atoms with Gasteiger partial charge in [-0.15, -0.1) is 0 Å². The van der Waals surface area contributed by atoms with Crippen molar-refractivity contribution in [1.29, 1.82) is 0 Å². The lowest BCUT2D eigenvalue weighted by atomic mass is 9.85. The molecule has 2 rings (SSSR count). The lowest BCUT2D eigenvalue weighted by molar-refractivity contribution is 0.567. The first-order valence-corrected chi connectivity index (χ1v) is 7.12. The van der Waals surface area contributed by atoms with Gasteiger partial charge in [-0.2, -0.15) is 0 Å². The molecule has 2 nitrogen and oxygen atoms in total. The third kappa shape index (κ3) is 3.06. The largest absolute Gasteiger partial charge is 0.257 e. The van der Waals surface area contributed by atoms with Gasteiger partial charge in [0.25, 0.3) is 0 Å². The minimum Gasteiger partial charge on any atom is -0.257 e. The molecule has 0 saturated heterocycles. The summed E-state index contributed by atoms with van der Waals surface area (Å²) in [6, 6.07) is 8.69. The minimum absolute atomic E-state index is 0.00765. The van der Waals surface area contributed by atoms with E-state index in [9.17, 15) is 0 Å². The van der Waals surface area contributed by atoms with Crippen molar-refractivity contribution in [3.8, 4) is 11.3 Å². The van der Waals surface area contributed by atoms with Crippen LogP contribution in [-0.4, -0.2) is 9.97 Å².